The third-order valence-corrected chi connectivity index (χ3v) is 3.11. The quantitative estimate of drug-likeness (QED) is 0.544. The predicted octanol–water partition coefficient (Wildman–Crippen LogP) is 3.18. The third kappa shape index (κ3) is 2.51. The maximum Gasteiger partial charge on any atom is 0.339 e. The fraction of sp³-hybridized carbons (Fsp3) is 0.0667. The molecule has 0 unspecified atom stereocenters. The minimum atomic E-state index is -0.611. The van der Waals surface area contributed by atoms with Crippen LogP contribution in [0.3, 0.4) is 0 Å². The van der Waals surface area contributed by atoms with Gasteiger partial charge in [0.1, 0.15) is 0 Å². The largest absolute Gasteiger partial charge is 0.459 e. The van der Waals surface area contributed by atoms with Gasteiger partial charge in [0.15, 0.2) is 5.76 Å². The van der Waals surface area contributed by atoms with Gasteiger partial charge in [-0.1, -0.05) is 12.1 Å². The van der Waals surface area contributed by atoms with Gasteiger partial charge < -0.3 is 8.83 Å². The second-order valence-electron chi connectivity index (χ2n) is 4.60. The Hall–Kier alpha value is -3.22. The zero-order valence-electron chi connectivity index (χ0n) is 11.5. The lowest BCUT2D eigenvalue weighted by Crippen LogP contribution is -2.02. The Morgan fingerprint density at radius 1 is 1.23 bits per heavy atom. The molecule has 0 N–H and O–H groups in total. The van der Waals surface area contributed by atoms with E-state index < -0.39 is 10.5 Å². The molecule has 0 saturated heterocycles. The Morgan fingerprint density at radius 2 is 2.05 bits per heavy atom. The van der Waals surface area contributed by atoms with Crippen molar-refractivity contribution in [3.05, 3.63) is 68.8 Å². The van der Waals surface area contributed by atoms with E-state index in [9.17, 15) is 14.9 Å². The fourth-order valence-electron chi connectivity index (χ4n) is 2.02. The molecular weight excluding hydrogens is 288 g/mol. The number of furan rings is 1. The van der Waals surface area contributed by atoms with Gasteiger partial charge in [-0.3, -0.25) is 10.1 Å². The van der Waals surface area contributed by atoms with Crippen molar-refractivity contribution in [1.82, 2.24) is 4.98 Å². The van der Waals surface area contributed by atoms with Crippen LogP contribution < -0.4 is 5.63 Å². The van der Waals surface area contributed by atoms with Crippen LogP contribution in [0.25, 0.3) is 22.9 Å². The SMILES string of the molecule is Cc1ccc(-c2cc(=O)oc(-c3ccco3)n2)cc1[N+](=O)[O-]. The van der Waals surface area contributed by atoms with E-state index in [4.69, 9.17) is 8.83 Å². The van der Waals surface area contributed by atoms with Gasteiger partial charge >= 0.3 is 5.63 Å². The molecule has 22 heavy (non-hydrogen) atoms. The summed E-state index contributed by atoms with van der Waals surface area (Å²) in [7, 11) is 0. The normalized spacial score (nSPS) is 10.6. The highest BCUT2D eigenvalue weighted by Gasteiger charge is 2.15. The number of hydrogen-bond donors (Lipinski definition) is 0. The average Bonchev–Trinajstić information content (AvgIpc) is 3.01. The molecule has 0 aliphatic carbocycles. The van der Waals surface area contributed by atoms with Crippen molar-refractivity contribution in [1.29, 1.82) is 0 Å². The van der Waals surface area contributed by atoms with Crippen LogP contribution in [0.15, 0.2) is 56.3 Å². The van der Waals surface area contributed by atoms with E-state index in [1.165, 1.54) is 18.4 Å². The molecule has 0 radical (unpaired) electrons. The van der Waals surface area contributed by atoms with Crippen LogP contribution in [0, 0.1) is 17.0 Å². The summed E-state index contributed by atoms with van der Waals surface area (Å²) in [5.41, 5.74) is 0.624. The smallest absolute Gasteiger partial charge is 0.339 e. The van der Waals surface area contributed by atoms with E-state index in [1.807, 2.05) is 0 Å². The monoisotopic (exact) mass is 298 g/mol. The van der Waals surface area contributed by atoms with E-state index in [-0.39, 0.29) is 17.3 Å². The highest BCUT2D eigenvalue weighted by Crippen LogP contribution is 2.26. The van der Waals surface area contributed by atoms with Gasteiger partial charge in [-0.15, -0.1) is 0 Å². The molecule has 7 nitrogen and oxygen atoms in total. The second kappa shape index (κ2) is 5.28. The Kier molecular flexibility index (Phi) is 3.30. The summed E-state index contributed by atoms with van der Waals surface area (Å²) in [6.07, 6.45) is 1.43. The number of aryl methyl sites for hydroxylation is 1. The summed E-state index contributed by atoms with van der Waals surface area (Å²) in [5.74, 6) is 0.330. The van der Waals surface area contributed by atoms with Gasteiger partial charge in [-0.2, -0.15) is 0 Å². The van der Waals surface area contributed by atoms with Crippen molar-refractivity contribution in [3.63, 3.8) is 0 Å². The molecule has 0 fully saturated rings. The first-order valence-corrected chi connectivity index (χ1v) is 6.36. The van der Waals surface area contributed by atoms with Crippen LogP contribution in [-0.4, -0.2) is 9.91 Å². The molecule has 110 valence electrons. The van der Waals surface area contributed by atoms with Crippen molar-refractivity contribution in [2.75, 3.05) is 0 Å². The van der Waals surface area contributed by atoms with Crippen molar-refractivity contribution in [2.45, 2.75) is 6.92 Å². The van der Waals surface area contributed by atoms with Crippen molar-refractivity contribution in [2.24, 2.45) is 0 Å². The first-order chi connectivity index (χ1) is 10.5. The van der Waals surface area contributed by atoms with Crippen molar-refractivity contribution >= 4 is 5.69 Å². The number of benzene rings is 1. The predicted molar refractivity (Wildman–Crippen MR) is 77.3 cm³/mol. The van der Waals surface area contributed by atoms with E-state index in [2.05, 4.69) is 4.98 Å². The number of nitrogens with zero attached hydrogens (tertiary/aromatic N) is 2. The minimum Gasteiger partial charge on any atom is -0.459 e. The van der Waals surface area contributed by atoms with Gasteiger partial charge in [-0.25, -0.2) is 9.78 Å². The van der Waals surface area contributed by atoms with Crippen LogP contribution >= 0.6 is 0 Å². The molecule has 3 rings (SSSR count). The van der Waals surface area contributed by atoms with Crippen LogP contribution in [0.4, 0.5) is 5.69 Å². The highest BCUT2D eigenvalue weighted by molar-refractivity contribution is 5.65. The standard InChI is InChI=1S/C15H10N2O5/c1-9-4-5-10(7-12(9)17(19)20)11-8-14(18)22-15(16-11)13-3-2-6-21-13/h2-8H,1H3. The first-order valence-electron chi connectivity index (χ1n) is 6.36. The Labute approximate surface area is 124 Å². The topological polar surface area (TPSA) is 99.4 Å². The Balaban J connectivity index is 2.15. The molecule has 0 amide bonds. The van der Waals surface area contributed by atoms with Crippen LogP contribution in [0.5, 0.6) is 0 Å². The van der Waals surface area contributed by atoms with Crippen LogP contribution in [-0.2, 0) is 0 Å². The number of hydrogen-bond acceptors (Lipinski definition) is 6. The lowest BCUT2D eigenvalue weighted by atomic mass is 10.1. The fourth-order valence-corrected chi connectivity index (χ4v) is 2.02. The summed E-state index contributed by atoms with van der Waals surface area (Å²) in [6, 6.07) is 9.07. The van der Waals surface area contributed by atoms with E-state index in [0.717, 1.165) is 0 Å². The van der Waals surface area contributed by atoms with Gasteiger partial charge in [-0.05, 0) is 19.1 Å². The lowest BCUT2D eigenvalue weighted by Gasteiger charge is -2.03. The molecule has 0 atom stereocenters. The molecule has 2 heterocycles. The summed E-state index contributed by atoms with van der Waals surface area (Å²) >= 11 is 0. The van der Waals surface area contributed by atoms with E-state index in [0.29, 0.717) is 16.9 Å². The molecule has 0 aliphatic heterocycles. The van der Waals surface area contributed by atoms with Gasteiger partial charge in [0, 0.05) is 17.2 Å². The van der Waals surface area contributed by atoms with Gasteiger partial charge in [0.05, 0.1) is 22.9 Å². The maximum atomic E-state index is 11.7. The lowest BCUT2D eigenvalue weighted by molar-refractivity contribution is -0.385. The molecule has 0 spiro atoms. The van der Waals surface area contributed by atoms with Crippen molar-refractivity contribution in [3.8, 4) is 22.9 Å². The molecule has 3 aromatic rings. The second-order valence-corrected chi connectivity index (χ2v) is 4.60. The number of nitro benzene ring substituents is 1. The zero-order valence-corrected chi connectivity index (χ0v) is 11.5. The third-order valence-electron chi connectivity index (χ3n) is 3.11. The maximum absolute atomic E-state index is 11.7. The number of aromatic nitrogens is 1. The minimum absolute atomic E-state index is 0.0238. The summed E-state index contributed by atoms with van der Waals surface area (Å²) in [4.78, 5) is 26.4. The van der Waals surface area contributed by atoms with Crippen LogP contribution in [0.1, 0.15) is 5.56 Å². The number of nitro groups is 1. The van der Waals surface area contributed by atoms with Crippen LogP contribution in [0.2, 0.25) is 0 Å². The van der Waals surface area contributed by atoms with E-state index >= 15 is 0 Å². The molecule has 2 aromatic heterocycles. The Morgan fingerprint density at radius 3 is 2.73 bits per heavy atom. The summed E-state index contributed by atoms with van der Waals surface area (Å²) in [5, 5.41) is 11.0. The van der Waals surface area contributed by atoms with E-state index in [1.54, 1.807) is 31.2 Å². The molecular formula is C15H10N2O5. The van der Waals surface area contributed by atoms with Gasteiger partial charge in [0.25, 0.3) is 11.6 Å². The molecule has 0 saturated carbocycles. The molecule has 0 bridgehead atoms. The molecule has 0 aliphatic rings. The molecule has 7 heteroatoms. The number of rotatable bonds is 3. The average molecular weight is 298 g/mol. The first kappa shape index (κ1) is 13.7. The molecule has 1 aromatic carbocycles. The Bertz CT molecular complexity index is 897. The summed E-state index contributed by atoms with van der Waals surface area (Å²) in [6.45, 7) is 1.64. The van der Waals surface area contributed by atoms with Crippen molar-refractivity contribution < 1.29 is 13.8 Å². The zero-order chi connectivity index (χ0) is 15.7. The highest BCUT2D eigenvalue weighted by atomic mass is 16.6. The summed E-state index contributed by atoms with van der Waals surface area (Å²) < 4.78 is 10.1. The van der Waals surface area contributed by atoms with Gasteiger partial charge in [0.2, 0.25) is 0 Å².